The highest BCUT2D eigenvalue weighted by molar-refractivity contribution is 5.99. The predicted molar refractivity (Wildman–Crippen MR) is 121 cm³/mol. The SMILES string of the molecule is CC(C)C[C@H](NC(=O)c1ccc(C(=O)NC(C)(C)C)cc1)C(=O)OCc1ccccc1. The number of amides is 2. The average molecular weight is 425 g/mol. The zero-order valence-corrected chi connectivity index (χ0v) is 18.9. The molecule has 0 heterocycles. The molecule has 0 unspecified atom stereocenters. The molecule has 0 fully saturated rings. The number of rotatable bonds is 8. The Labute approximate surface area is 184 Å². The number of carbonyl (C=O) groups is 3. The lowest BCUT2D eigenvalue weighted by atomic mass is 10.0. The summed E-state index contributed by atoms with van der Waals surface area (Å²) in [5.74, 6) is -0.864. The lowest BCUT2D eigenvalue weighted by Gasteiger charge is -2.21. The van der Waals surface area contributed by atoms with E-state index in [1.165, 1.54) is 0 Å². The Morgan fingerprint density at radius 2 is 1.42 bits per heavy atom. The summed E-state index contributed by atoms with van der Waals surface area (Å²) in [4.78, 5) is 37.6. The molecule has 0 spiro atoms. The molecule has 2 rings (SSSR count). The van der Waals surface area contributed by atoms with E-state index < -0.39 is 12.0 Å². The summed E-state index contributed by atoms with van der Waals surface area (Å²) in [7, 11) is 0. The van der Waals surface area contributed by atoms with Crippen LogP contribution < -0.4 is 10.6 Å². The molecule has 0 bridgehead atoms. The van der Waals surface area contributed by atoms with Gasteiger partial charge in [-0.25, -0.2) is 4.79 Å². The summed E-state index contributed by atoms with van der Waals surface area (Å²) in [5, 5.41) is 5.65. The van der Waals surface area contributed by atoms with Gasteiger partial charge in [0.2, 0.25) is 0 Å². The molecular weight excluding hydrogens is 392 g/mol. The molecule has 31 heavy (non-hydrogen) atoms. The molecule has 2 aromatic carbocycles. The lowest BCUT2D eigenvalue weighted by Crippen LogP contribution is -2.42. The summed E-state index contributed by atoms with van der Waals surface area (Å²) in [6.07, 6.45) is 0.464. The lowest BCUT2D eigenvalue weighted by molar-refractivity contribution is -0.147. The van der Waals surface area contributed by atoms with Crippen molar-refractivity contribution in [2.24, 2.45) is 5.92 Å². The third-order valence-electron chi connectivity index (χ3n) is 4.42. The standard InChI is InChI=1S/C25H32N2O4/c1-17(2)15-21(24(30)31-16-18-9-7-6-8-10-18)26-22(28)19-11-13-20(14-12-19)23(29)27-25(3,4)5/h6-14,17,21H,15-16H2,1-5H3,(H,26,28)(H,27,29)/t21-/m0/s1. The van der Waals surface area contributed by atoms with Gasteiger partial charge in [0.1, 0.15) is 12.6 Å². The van der Waals surface area contributed by atoms with Crippen molar-refractivity contribution in [3.63, 3.8) is 0 Å². The smallest absolute Gasteiger partial charge is 0.328 e. The largest absolute Gasteiger partial charge is 0.459 e. The molecule has 6 heteroatoms. The van der Waals surface area contributed by atoms with Crippen LogP contribution in [0.1, 0.15) is 67.3 Å². The van der Waals surface area contributed by atoms with E-state index in [4.69, 9.17) is 4.74 Å². The second kappa shape index (κ2) is 10.8. The van der Waals surface area contributed by atoms with Crippen LogP contribution in [0.25, 0.3) is 0 Å². The molecule has 2 amide bonds. The molecule has 2 N–H and O–H groups in total. The van der Waals surface area contributed by atoms with Crippen molar-refractivity contribution in [1.29, 1.82) is 0 Å². The van der Waals surface area contributed by atoms with Crippen LogP contribution >= 0.6 is 0 Å². The highest BCUT2D eigenvalue weighted by Crippen LogP contribution is 2.12. The second-order valence-corrected chi connectivity index (χ2v) is 9.03. The minimum atomic E-state index is -0.750. The van der Waals surface area contributed by atoms with Crippen molar-refractivity contribution in [2.45, 2.75) is 59.2 Å². The van der Waals surface area contributed by atoms with Gasteiger partial charge in [-0.05, 0) is 62.9 Å². The van der Waals surface area contributed by atoms with Crippen LogP contribution in [0.4, 0.5) is 0 Å². The minimum Gasteiger partial charge on any atom is -0.459 e. The first-order chi connectivity index (χ1) is 14.5. The Hall–Kier alpha value is -3.15. The first kappa shape index (κ1) is 24.1. The topological polar surface area (TPSA) is 84.5 Å². The maximum absolute atomic E-state index is 12.7. The Bertz CT molecular complexity index is 884. The fraction of sp³-hybridized carbons (Fsp3) is 0.400. The van der Waals surface area contributed by atoms with Gasteiger partial charge >= 0.3 is 5.97 Å². The highest BCUT2D eigenvalue weighted by atomic mass is 16.5. The number of benzene rings is 2. The van der Waals surface area contributed by atoms with E-state index in [2.05, 4.69) is 10.6 Å². The van der Waals surface area contributed by atoms with Gasteiger partial charge in [-0.1, -0.05) is 44.2 Å². The van der Waals surface area contributed by atoms with E-state index in [1.54, 1.807) is 24.3 Å². The molecule has 0 aliphatic carbocycles. The first-order valence-corrected chi connectivity index (χ1v) is 10.5. The second-order valence-electron chi connectivity index (χ2n) is 9.03. The van der Waals surface area contributed by atoms with E-state index in [0.29, 0.717) is 17.5 Å². The Morgan fingerprint density at radius 3 is 1.94 bits per heavy atom. The Morgan fingerprint density at radius 1 is 0.871 bits per heavy atom. The van der Waals surface area contributed by atoms with Gasteiger partial charge in [0.25, 0.3) is 11.8 Å². The van der Waals surface area contributed by atoms with Crippen molar-refractivity contribution in [2.75, 3.05) is 0 Å². The predicted octanol–water partition coefficient (Wildman–Crippen LogP) is 4.10. The van der Waals surface area contributed by atoms with Crippen LogP contribution in [0.15, 0.2) is 54.6 Å². The van der Waals surface area contributed by atoms with E-state index in [1.807, 2.05) is 65.0 Å². The highest BCUT2D eigenvalue weighted by Gasteiger charge is 2.24. The fourth-order valence-corrected chi connectivity index (χ4v) is 2.94. The third-order valence-corrected chi connectivity index (χ3v) is 4.42. The molecule has 0 saturated heterocycles. The van der Waals surface area contributed by atoms with Crippen LogP contribution in [0.5, 0.6) is 0 Å². The molecule has 0 aromatic heterocycles. The van der Waals surface area contributed by atoms with Gasteiger partial charge in [0, 0.05) is 16.7 Å². The summed E-state index contributed by atoms with van der Waals surface area (Å²) >= 11 is 0. The normalized spacial score (nSPS) is 12.2. The van der Waals surface area contributed by atoms with Crippen LogP contribution in [0.2, 0.25) is 0 Å². The molecule has 0 radical (unpaired) electrons. The van der Waals surface area contributed by atoms with Crippen molar-refractivity contribution in [3.05, 3.63) is 71.3 Å². The summed E-state index contributed by atoms with van der Waals surface area (Å²) in [6, 6.07) is 15.0. The maximum atomic E-state index is 12.7. The number of hydrogen-bond donors (Lipinski definition) is 2. The molecular formula is C25H32N2O4. The van der Waals surface area contributed by atoms with E-state index in [-0.39, 0.29) is 29.9 Å². The molecule has 0 saturated carbocycles. The quantitative estimate of drug-likeness (QED) is 0.625. The van der Waals surface area contributed by atoms with Crippen molar-refractivity contribution in [1.82, 2.24) is 10.6 Å². The number of ether oxygens (including phenoxy) is 1. The Kier molecular flexibility index (Phi) is 8.37. The van der Waals surface area contributed by atoms with Gasteiger partial charge < -0.3 is 15.4 Å². The number of nitrogens with one attached hydrogen (secondary N) is 2. The van der Waals surface area contributed by atoms with E-state index in [0.717, 1.165) is 5.56 Å². The van der Waals surface area contributed by atoms with Crippen LogP contribution in [0.3, 0.4) is 0 Å². The van der Waals surface area contributed by atoms with Gasteiger partial charge in [0.05, 0.1) is 0 Å². The van der Waals surface area contributed by atoms with Crippen LogP contribution in [-0.4, -0.2) is 29.4 Å². The van der Waals surface area contributed by atoms with Crippen molar-refractivity contribution < 1.29 is 19.1 Å². The maximum Gasteiger partial charge on any atom is 0.328 e. The van der Waals surface area contributed by atoms with Crippen molar-refractivity contribution >= 4 is 17.8 Å². The van der Waals surface area contributed by atoms with Gasteiger partial charge in [0.15, 0.2) is 0 Å². The zero-order chi connectivity index (χ0) is 23.0. The average Bonchev–Trinajstić information content (AvgIpc) is 2.70. The van der Waals surface area contributed by atoms with E-state index >= 15 is 0 Å². The molecule has 166 valence electrons. The molecule has 1 atom stereocenters. The monoisotopic (exact) mass is 424 g/mol. The number of hydrogen-bond acceptors (Lipinski definition) is 4. The fourth-order valence-electron chi connectivity index (χ4n) is 2.94. The van der Waals surface area contributed by atoms with Gasteiger partial charge in [-0.15, -0.1) is 0 Å². The molecule has 2 aromatic rings. The third kappa shape index (κ3) is 8.24. The summed E-state index contributed by atoms with van der Waals surface area (Å²) < 4.78 is 5.42. The van der Waals surface area contributed by atoms with Crippen molar-refractivity contribution in [3.8, 4) is 0 Å². The minimum absolute atomic E-state index is 0.154. The first-order valence-electron chi connectivity index (χ1n) is 10.5. The van der Waals surface area contributed by atoms with E-state index in [9.17, 15) is 14.4 Å². The zero-order valence-electron chi connectivity index (χ0n) is 18.9. The Balaban J connectivity index is 2.02. The van der Waals surface area contributed by atoms with Gasteiger partial charge in [-0.2, -0.15) is 0 Å². The molecule has 0 aliphatic rings. The number of esters is 1. The number of carbonyl (C=O) groups excluding carboxylic acids is 3. The molecule has 0 aliphatic heterocycles. The summed E-state index contributed by atoms with van der Waals surface area (Å²) in [5.41, 5.74) is 1.37. The van der Waals surface area contributed by atoms with Crippen LogP contribution in [0, 0.1) is 5.92 Å². The van der Waals surface area contributed by atoms with Gasteiger partial charge in [-0.3, -0.25) is 9.59 Å². The van der Waals surface area contributed by atoms with Crippen LogP contribution in [-0.2, 0) is 16.1 Å². The summed E-state index contributed by atoms with van der Waals surface area (Å²) in [6.45, 7) is 9.82. The molecule has 6 nitrogen and oxygen atoms in total.